The molecular formula is C25H26ClFN4O4. The highest BCUT2D eigenvalue weighted by atomic mass is 35.5. The molecule has 184 valence electrons. The molecule has 2 fully saturated rings. The number of nitrogens with zero attached hydrogens (tertiary/aromatic N) is 3. The quantitative estimate of drug-likeness (QED) is 0.524. The summed E-state index contributed by atoms with van der Waals surface area (Å²) in [7, 11) is 1.58. The molecule has 0 saturated carbocycles. The van der Waals surface area contributed by atoms with Crippen LogP contribution in [0.15, 0.2) is 36.7 Å². The predicted octanol–water partition coefficient (Wildman–Crippen LogP) is 4.72. The van der Waals surface area contributed by atoms with Gasteiger partial charge in [-0.2, -0.15) is 0 Å². The molecule has 3 aromatic rings. The van der Waals surface area contributed by atoms with Crippen molar-refractivity contribution in [2.75, 3.05) is 32.1 Å². The first-order chi connectivity index (χ1) is 17.0. The number of amides is 1. The number of methoxy groups -OCH3 is 1. The maximum Gasteiger partial charge on any atom is 0.251 e. The zero-order valence-electron chi connectivity index (χ0n) is 19.3. The molecule has 2 aliphatic rings. The molecule has 5 rings (SSSR count). The first kappa shape index (κ1) is 23.6. The minimum atomic E-state index is -0.492. The van der Waals surface area contributed by atoms with E-state index in [-0.39, 0.29) is 23.1 Å². The van der Waals surface area contributed by atoms with Crippen molar-refractivity contribution < 1.29 is 23.4 Å². The largest absolute Gasteiger partial charge is 0.493 e. The van der Waals surface area contributed by atoms with Crippen LogP contribution in [0.3, 0.4) is 0 Å². The van der Waals surface area contributed by atoms with Crippen LogP contribution >= 0.6 is 11.6 Å². The number of nitrogens with one attached hydrogen (secondary N) is 1. The number of carbonyl (C=O) groups excluding carboxylic acids is 1. The fraction of sp³-hybridized carbons (Fsp3) is 0.400. The second-order valence-electron chi connectivity index (χ2n) is 8.64. The number of carbonyl (C=O) groups is 1. The van der Waals surface area contributed by atoms with E-state index in [1.54, 1.807) is 19.2 Å². The average Bonchev–Trinajstić information content (AvgIpc) is 3.41. The molecule has 10 heteroatoms. The molecule has 1 atom stereocenters. The van der Waals surface area contributed by atoms with E-state index in [1.807, 2.05) is 11.0 Å². The van der Waals surface area contributed by atoms with E-state index in [9.17, 15) is 9.18 Å². The first-order valence-corrected chi connectivity index (χ1v) is 12.0. The first-order valence-electron chi connectivity index (χ1n) is 11.6. The van der Waals surface area contributed by atoms with Gasteiger partial charge in [-0.1, -0.05) is 11.6 Å². The monoisotopic (exact) mass is 500 g/mol. The summed E-state index contributed by atoms with van der Waals surface area (Å²) in [5, 5.41) is 3.91. The smallest absolute Gasteiger partial charge is 0.251 e. The van der Waals surface area contributed by atoms with Crippen LogP contribution in [0.4, 0.5) is 15.9 Å². The Morgan fingerprint density at radius 2 is 2.00 bits per heavy atom. The highest BCUT2D eigenvalue weighted by Crippen LogP contribution is 2.36. The van der Waals surface area contributed by atoms with Crippen molar-refractivity contribution in [3.8, 4) is 11.5 Å². The summed E-state index contributed by atoms with van der Waals surface area (Å²) in [6.45, 7) is 1.91. The number of fused-ring (bicyclic) bond motifs is 1. The number of benzene rings is 2. The Balaban J connectivity index is 1.33. The van der Waals surface area contributed by atoms with Crippen molar-refractivity contribution in [1.82, 2.24) is 14.9 Å². The van der Waals surface area contributed by atoms with E-state index in [2.05, 4.69) is 15.3 Å². The van der Waals surface area contributed by atoms with Gasteiger partial charge < -0.3 is 24.4 Å². The minimum Gasteiger partial charge on any atom is -0.493 e. The SMILES string of the molecule is COc1cc2ncnc(Nc3ccc(F)c(Cl)c3)c2cc1OC1CCN(C(=O)[C@@H]2CCCO2)CC1. The Morgan fingerprint density at radius 1 is 1.17 bits per heavy atom. The molecule has 0 radical (unpaired) electrons. The summed E-state index contributed by atoms with van der Waals surface area (Å²) in [6.07, 6.45) is 4.24. The van der Waals surface area contributed by atoms with Gasteiger partial charge in [0.05, 0.1) is 17.6 Å². The third-order valence-electron chi connectivity index (χ3n) is 6.36. The lowest BCUT2D eigenvalue weighted by atomic mass is 10.1. The summed E-state index contributed by atoms with van der Waals surface area (Å²) in [5.74, 6) is 1.25. The van der Waals surface area contributed by atoms with Crippen molar-refractivity contribution in [3.05, 3.63) is 47.5 Å². The molecular weight excluding hydrogens is 475 g/mol. The van der Waals surface area contributed by atoms with Crippen molar-refractivity contribution in [2.24, 2.45) is 0 Å². The van der Waals surface area contributed by atoms with Crippen molar-refractivity contribution >= 4 is 39.9 Å². The highest BCUT2D eigenvalue weighted by Gasteiger charge is 2.31. The topological polar surface area (TPSA) is 85.8 Å². The average molecular weight is 501 g/mol. The van der Waals surface area contributed by atoms with Crippen LogP contribution in [0, 0.1) is 5.82 Å². The zero-order valence-corrected chi connectivity index (χ0v) is 20.1. The number of rotatable bonds is 6. The van der Waals surface area contributed by atoms with Crippen molar-refractivity contribution in [2.45, 2.75) is 37.9 Å². The number of anilines is 2. The normalized spacial score (nSPS) is 18.6. The Hall–Kier alpha value is -3.17. The molecule has 1 aromatic heterocycles. The third kappa shape index (κ3) is 5.11. The number of aromatic nitrogens is 2. The predicted molar refractivity (Wildman–Crippen MR) is 130 cm³/mol. The molecule has 2 aliphatic heterocycles. The molecule has 0 bridgehead atoms. The Bertz CT molecular complexity index is 1230. The zero-order chi connectivity index (χ0) is 24.4. The fourth-order valence-corrected chi connectivity index (χ4v) is 4.66. The molecule has 1 amide bonds. The number of hydrogen-bond donors (Lipinski definition) is 1. The fourth-order valence-electron chi connectivity index (χ4n) is 4.48. The number of piperidine rings is 1. The second-order valence-corrected chi connectivity index (χ2v) is 9.05. The van der Waals surface area contributed by atoms with Crippen LogP contribution in [0.25, 0.3) is 10.9 Å². The van der Waals surface area contributed by atoms with Gasteiger partial charge in [-0.05, 0) is 37.1 Å². The van der Waals surface area contributed by atoms with E-state index in [0.29, 0.717) is 61.1 Å². The maximum atomic E-state index is 13.6. The van der Waals surface area contributed by atoms with E-state index in [1.165, 1.54) is 18.5 Å². The van der Waals surface area contributed by atoms with Gasteiger partial charge >= 0.3 is 0 Å². The van der Waals surface area contributed by atoms with E-state index < -0.39 is 5.82 Å². The van der Waals surface area contributed by atoms with Gasteiger partial charge in [0, 0.05) is 49.7 Å². The van der Waals surface area contributed by atoms with Crippen LogP contribution in [-0.2, 0) is 9.53 Å². The number of ether oxygens (including phenoxy) is 3. The van der Waals surface area contributed by atoms with Gasteiger partial charge in [-0.3, -0.25) is 4.79 Å². The van der Waals surface area contributed by atoms with Gasteiger partial charge in [0.15, 0.2) is 11.5 Å². The Labute approximate surface area is 207 Å². The molecule has 2 saturated heterocycles. The lowest BCUT2D eigenvalue weighted by molar-refractivity contribution is -0.142. The van der Waals surface area contributed by atoms with Gasteiger partial charge in [0.2, 0.25) is 0 Å². The lowest BCUT2D eigenvalue weighted by Gasteiger charge is -2.33. The molecule has 8 nitrogen and oxygen atoms in total. The number of likely N-dealkylation sites (tertiary alicyclic amines) is 1. The van der Waals surface area contributed by atoms with Gasteiger partial charge in [0.1, 0.15) is 30.2 Å². The van der Waals surface area contributed by atoms with Crippen molar-refractivity contribution in [3.63, 3.8) is 0 Å². The molecule has 35 heavy (non-hydrogen) atoms. The summed E-state index contributed by atoms with van der Waals surface area (Å²) >= 11 is 5.92. The molecule has 3 heterocycles. The van der Waals surface area contributed by atoms with Gasteiger partial charge in [-0.25, -0.2) is 14.4 Å². The maximum absolute atomic E-state index is 13.6. The van der Waals surface area contributed by atoms with E-state index in [0.717, 1.165) is 18.2 Å². The van der Waals surface area contributed by atoms with E-state index >= 15 is 0 Å². The second kappa shape index (κ2) is 10.2. The van der Waals surface area contributed by atoms with Crippen LogP contribution in [-0.4, -0.2) is 59.8 Å². The van der Waals surface area contributed by atoms with Crippen molar-refractivity contribution in [1.29, 1.82) is 0 Å². The molecule has 0 aliphatic carbocycles. The minimum absolute atomic E-state index is 0.0170. The Morgan fingerprint density at radius 3 is 2.71 bits per heavy atom. The molecule has 2 aromatic carbocycles. The molecule has 1 N–H and O–H groups in total. The molecule has 0 spiro atoms. The van der Waals surface area contributed by atoms with Crippen LogP contribution in [0.5, 0.6) is 11.5 Å². The van der Waals surface area contributed by atoms with E-state index in [4.69, 9.17) is 25.8 Å². The summed E-state index contributed by atoms with van der Waals surface area (Å²) in [5.41, 5.74) is 1.26. The van der Waals surface area contributed by atoms with Crippen LogP contribution in [0.1, 0.15) is 25.7 Å². The number of hydrogen-bond acceptors (Lipinski definition) is 7. The van der Waals surface area contributed by atoms with Gasteiger partial charge in [0.25, 0.3) is 5.91 Å². The number of halogens is 2. The molecule has 0 unspecified atom stereocenters. The Kier molecular flexibility index (Phi) is 6.88. The third-order valence-corrected chi connectivity index (χ3v) is 6.65. The van der Waals surface area contributed by atoms with Gasteiger partial charge in [-0.15, -0.1) is 0 Å². The standard InChI is InChI=1S/C25H26ClFN4O4/c1-33-22-13-20-17(24(29-14-28-20)30-15-4-5-19(27)18(26)11-15)12-23(22)35-16-6-8-31(9-7-16)25(32)21-3-2-10-34-21/h4-5,11-14,16,21H,2-3,6-10H2,1H3,(H,28,29,30)/t21-/m0/s1. The summed E-state index contributed by atoms with van der Waals surface area (Å²) in [4.78, 5) is 23.2. The summed E-state index contributed by atoms with van der Waals surface area (Å²) < 4.78 is 31.0. The van der Waals surface area contributed by atoms with Crippen LogP contribution in [0.2, 0.25) is 5.02 Å². The van der Waals surface area contributed by atoms with Crippen LogP contribution < -0.4 is 14.8 Å². The lowest BCUT2D eigenvalue weighted by Crippen LogP contribution is -2.45. The highest BCUT2D eigenvalue weighted by molar-refractivity contribution is 6.31. The summed E-state index contributed by atoms with van der Waals surface area (Å²) in [6, 6.07) is 8.01.